The summed E-state index contributed by atoms with van der Waals surface area (Å²) in [6.07, 6.45) is 11.5. The van der Waals surface area contributed by atoms with Crippen LogP contribution in [0.1, 0.15) is 85.9 Å². The van der Waals surface area contributed by atoms with E-state index >= 15 is 0 Å². The number of benzene rings is 2. The average Bonchev–Trinajstić information content (AvgIpc) is 2.82. The molecule has 0 bridgehead atoms. The van der Waals surface area contributed by atoms with E-state index in [9.17, 15) is 9.59 Å². The zero-order chi connectivity index (χ0) is 22.5. The minimum absolute atomic E-state index is 0.263. The van der Waals surface area contributed by atoms with Crippen LogP contribution in [0.3, 0.4) is 0 Å². The number of carbonyl (C=O) groups excluding carboxylic acids is 2. The highest BCUT2D eigenvalue weighted by molar-refractivity contribution is 5.94. The van der Waals surface area contributed by atoms with Gasteiger partial charge in [0, 0.05) is 11.1 Å². The number of nitrogens with one attached hydrogen (secondary N) is 2. The fourth-order valence-corrected chi connectivity index (χ4v) is 2.55. The van der Waals surface area contributed by atoms with Gasteiger partial charge < -0.3 is 0 Å². The molecule has 0 heterocycles. The fourth-order valence-electron chi connectivity index (χ4n) is 2.55. The molecule has 6 N–H and O–H groups in total. The van der Waals surface area contributed by atoms with Gasteiger partial charge in [-0.3, -0.25) is 20.4 Å². The van der Waals surface area contributed by atoms with Crippen LogP contribution in [0.25, 0.3) is 0 Å². The Kier molecular flexibility index (Phi) is 17.8. The Labute approximate surface area is 181 Å². The van der Waals surface area contributed by atoms with E-state index in [1.165, 1.54) is 51.4 Å². The third kappa shape index (κ3) is 14.3. The Bertz CT molecular complexity index is 604. The van der Waals surface area contributed by atoms with E-state index in [1.807, 2.05) is 23.0 Å². The normalized spacial score (nSPS) is 9.33. The summed E-state index contributed by atoms with van der Waals surface area (Å²) < 4.78 is 0. The van der Waals surface area contributed by atoms with Crippen LogP contribution < -0.4 is 22.5 Å². The number of hydrogen-bond donors (Lipinski definition) is 4. The molecule has 2 rings (SSSR count). The van der Waals surface area contributed by atoms with Gasteiger partial charge in [0.25, 0.3) is 11.8 Å². The first-order valence-electron chi connectivity index (χ1n) is 10.7. The van der Waals surface area contributed by atoms with E-state index in [0.29, 0.717) is 11.1 Å². The van der Waals surface area contributed by atoms with Crippen LogP contribution in [0.4, 0.5) is 0 Å². The van der Waals surface area contributed by atoms with Crippen LogP contribution in [0.15, 0.2) is 60.7 Å². The van der Waals surface area contributed by atoms with Gasteiger partial charge in [0.1, 0.15) is 0 Å². The van der Waals surface area contributed by atoms with Crippen LogP contribution in [0, 0.1) is 0 Å². The molecule has 0 spiro atoms. The molecule has 2 aromatic rings. The summed E-state index contributed by atoms with van der Waals surface area (Å²) in [5, 5.41) is 0. The maximum Gasteiger partial charge on any atom is 0.265 e. The molecule has 0 atom stereocenters. The molecule has 0 aliphatic rings. The topological polar surface area (TPSA) is 110 Å². The van der Waals surface area contributed by atoms with Gasteiger partial charge in [0.05, 0.1) is 0 Å². The van der Waals surface area contributed by atoms with Gasteiger partial charge in [0.2, 0.25) is 0 Å². The average molecular weight is 415 g/mol. The predicted octanol–water partition coefficient (Wildman–Crippen LogP) is 4.73. The van der Waals surface area contributed by atoms with Crippen LogP contribution >= 0.6 is 0 Å². The first-order chi connectivity index (χ1) is 14.6. The lowest BCUT2D eigenvalue weighted by Crippen LogP contribution is -2.29. The van der Waals surface area contributed by atoms with E-state index in [4.69, 9.17) is 11.7 Å². The van der Waals surface area contributed by atoms with Crippen LogP contribution in [-0.4, -0.2) is 11.8 Å². The van der Waals surface area contributed by atoms with Gasteiger partial charge in [-0.2, -0.15) is 0 Å². The van der Waals surface area contributed by atoms with Gasteiger partial charge in [-0.15, -0.1) is 0 Å². The minimum Gasteiger partial charge on any atom is -0.290 e. The van der Waals surface area contributed by atoms with E-state index in [-0.39, 0.29) is 11.8 Å². The van der Waals surface area contributed by atoms with Gasteiger partial charge >= 0.3 is 0 Å². The largest absolute Gasteiger partial charge is 0.290 e. The van der Waals surface area contributed by atoms with Gasteiger partial charge in [-0.05, 0) is 24.3 Å². The molecule has 0 aliphatic carbocycles. The summed E-state index contributed by atoms with van der Waals surface area (Å²) in [6, 6.07) is 17.6. The number of amides is 2. The van der Waals surface area contributed by atoms with Gasteiger partial charge in [-0.1, -0.05) is 102 Å². The van der Waals surface area contributed by atoms with Crippen LogP contribution in [-0.2, 0) is 0 Å². The second kappa shape index (κ2) is 19.6. The van der Waals surface area contributed by atoms with Crippen molar-refractivity contribution < 1.29 is 9.59 Å². The van der Waals surface area contributed by atoms with E-state index in [0.717, 1.165) is 0 Å². The van der Waals surface area contributed by atoms with Crippen molar-refractivity contribution in [3.8, 4) is 0 Å². The van der Waals surface area contributed by atoms with Crippen LogP contribution in [0.5, 0.6) is 0 Å². The van der Waals surface area contributed by atoms with Crippen molar-refractivity contribution in [2.45, 2.75) is 65.2 Å². The van der Waals surface area contributed by atoms with E-state index in [1.54, 1.807) is 48.5 Å². The molecule has 166 valence electrons. The summed E-state index contributed by atoms with van der Waals surface area (Å²) in [6.45, 7) is 4.54. The Balaban J connectivity index is 0.000000420. The molecule has 2 aromatic carbocycles. The molecule has 0 fully saturated rings. The molecule has 0 aromatic heterocycles. The third-order valence-electron chi connectivity index (χ3n) is 4.29. The number of carbonyl (C=O) groups is 2. The minimum atomic E-state index is -0.263. The highest BCUT2D eigenvalue weighted by Gasteiger charge is 1.99. The zero-order valence-corrected chi connectivity index (χ0v) is 18.4. The number of nitrogens with two attached hydrogens (primary N) is 2. The summed E-state index contributed by atoms with van der Waals surface area (Å²) in [4.78, 5) is 21.6. The highest BCUT2D eigenvalue weighted by Crippen LogP contribution is 2.07. The number of unbranched alkanes of at least 4 members (excludes halogenated alkanes) is 7. The van der Waals surface area contributed by atoms with E-state index in [2.05, 4.69) is 13.8 Å². The number of hydrazine groups is 2. The first kappa shape index (κ1) is 27.3. The summed E-state index contributed by atoms with van der Waals surface area (Å²) >= 11 is 0. The zero-order valence-electron chi connectivity index (χ0n) is 18.4. The van der Waals surface area contributed by atoms with Crippen molar-refractivity contribution in [2.75, 3.05) is 0 Å². The quantitative estimate of drug-likeness (QED) is 0.206. The van der Waals surface area contributed by atoms with Crippen molar-refractivity contribution in [3.63, 3.8) is 0 Å². The lowest BCUT2D eigenvalue weighted by Gasteiger charge is -1.97. The van der Waals surface area contributed by atoms with Crippen molar-refractivity contribution in [3.05, 3.63) is 71.8 Å². The van der Waals surface area contributed by atoms with Crippen molar-refractivity contribution in [1.82, 2.24) is 10.9 Å². The molecule has 0 saturated carbocycles. The molecule has 0 unspecified atom stereocenters. The Morgan fingerprint density at radius 3 is 1.17 bits per heavy atom. The van der Waals surface area contributed by atoms with Crippen molar-refractivity contribution in [2.24, 2.45) is 11.7 Å². The maximum atomic E-state index is 10.8. The summed E-state index contributed by atoms with van der Waals surface area (Å²) in [5.74, 6) is 9.28. The molecule has 0 saturated heterocycles. The second-order valence-corrected chi connectivity index (χ2v) is 6.80. The lowest BCUT2D eigenvalue weighted by molar-refractivity contribution is 0.0945. The molecule has 6 heteroatoms. The first-order valence-corrected chi connectivity index (χ1v) is 10.7. The van der Waals surface area contributed by atoms with Crippen molar-refractivity contribution in [1.29, 1.82) is 0 Å². The SMILES string of the molecule is CCCCCCCCCC.NNC(=O)c1ccccc1.NNC(=O)c1ccccc1. The summed E-state index contributed by atoms with van der Waals surface area (Å²) in [7, 11) is 0. The fraction of sp³-hybridized carbons (Fsp3) is 0.417. The maximum absolute atomic E-state index is 10.8. The number of hydrogen-bond acceptors (Lipinski definition) is 4. The molecule has 0 radical (unpaired) electrons. The molecule has 6 nitrogen and oxygen atoms in total. The molecule has 2 amide bonds. The molecular weight excluding hydrogens is 376 g/mol. The Morgan fingerprint density at radius 1 is 0.600 bits per heavy atom. The smallest absolute Gasteiger partial charge is 0.265 e. The highest BCUT2D eigenvalue weighted by atomic mass is 16.2. The Morgan fingerprint density at radius 2 is 0.900 bits per heavy atom. The lowest BCUT2D eigenvalue weighted by atomic mass is 10.1. The standard InChI is InChI=1S/C10H22.2C7H8N2O/c1-3-5-7-9-10-8-6-4-2;2*8-9-7(10)6-4-2-1-3-5-6/h3-10H2,1-2H3;2*1-5H,8H2,(H,9,10). The summed E-state index contributed by atoms with van der Waals surface area (Å²) in [5.41, 5.74) is 5.23. The predicted molar refractivity (Wildman–Crippen MR) is 124 cm³/mol. The second-order valence-electron chi connectivity index (χ2n) is 6.80. The van der Waals surface area contributed by atoms with Crippen LogP contribution in [0.2, 0.25) is 0 Å². The molecular formula is C24H38N4O2. The van der Waals surface area contributed by atoms with Gasteiger partial charge in [-0.25, -0.2) is 11.7 Å². The number of nitrogen functional groups attached to an aromatic ring is 2. The van der Waals surface area contributed by atoms with Gasteiger partial charge in [0.15, 0.2) is 0 Å². The third-order valence-corrected chi connectivity index (χ3v) is 4.29. The Hall–Kier alpha value is -2.70. The van der Waals surface area contributed by atoms with E-state index < -0.39 is 0 Å². The molecule has 0 aliphatic heterocycles. The number of rotatable bonds is 9. The van der Waals surface area contributed by atoms with Crippen molar-refractivity contribution >= 4 is 11.8 Å². The monoisotopic (exact) mass is 414 g/mol. The molecule has 30 heavy (non-hydrogen) atoms.